The predicted octanol–water partition coefficient (Wildman–Crippen LogP) is 0.650. The van der Waals surface area contributed by atoms with Crippen LogP contribution in [0.4, 0.5) is 0 Å². The molecule has 0 spiro atoms. The summed E-state index contributed by atoms with van der Waals surface area (Å²) >= 11 is 0. The minimum absolute atomic E-state index is 0.130. The molecule has 1 aliphatic heterocycles. The standard InChI is InChI=1S/C6H10N2/c1-5-2-3-6(4-7)8-5/h5-6,8H,2-3H2,1H3/t5-,6-/m0/s1. The molecule has 0 aromatic heterocycles. The highest BCUT2D eigenvalue weighted by Crippen LogP contribution is 2.09. The van der Waals surface area contributed by atoms with Gasteiger partial charge < -0.3 is 0 Å². The minimum Gasteiger partial charge on any atom is -0.299 e. The van der Waals surface area contributed by atoms with E-state index in [4.69, 9.17) is 5.26 Å². The van der Waals surface area contributed by atoms with Crippen LogP contribution in [0.2, 0.25) is 0 Å². The lowest BCUT2D eigenvalue weighted by molar-refractivity contribution is 0.632. The Morgan fingerprint density at radius 3 is 2.62 bits per heavy atom. The smallest absolute Gasteiger partial charge is 0.0955 e. The zero-order valence-electron chi connectivity index (χ0n) is 5.02. The van der Waals surface area contributed by atoms with Crippen LogP contribution in [0.5, 0.6) is 0 Å². The van der Waals surface area contributed by atoms with Crippen LogP contribution in [0.25, 0.3) is 0 Å². The van der Waals surface area contributed by atoms with Crippen LogP contribution >= 0.6 is 0 Å². The molecule has 0 amide bonds. The van der Waals surface area contributed by atoms with Crippen molar-refractivity contribution in [1.29, 1.82) is 5.26 Å². The largest absolute Gasteiger partial charge is 0.299 e. The molecule has 0 radical (unpaired) electrons. The summed E-state index contributed by atoms with van der Waals surface area (Å²) in [6.45, 7) is 2.11. The Bertz CT molecular complexity index is 114. The van der Waals surface area contributed by atoms with E-state index in [-0.39, 0.29) is 6.04 Å². The zero-order chi connectivity index (χ0) is 5.98. The molecule has 1 N–H and O–H groups in total. The molecule has 1 saturated heterocycles. The molecule has 8 heavy (non-hydrogen) atoms. The highest BCUT2D eigenvalue weighted by molar-refractivity contribution is 4.95. The molecule has 2 heteroatoms. The molecular formula is C6H10N2. The van der Waals surface area contributed by atoms with Crippen molar-refractivity contribution >= 4 is 0 Å². The third-order valence-corrected chi connectivity index (χ3v) is 1.53. The third kappa shape index (κ3) is 0.988. The third-order valence-electron chi connectivity index (χ3n) is 1.53. The Labute approximate surface area is 49.5 Å². The van der Waals surface area contributed by atoms with E-state index in [9.17, 15) is 0 Å². The second-order valence-corrected chi connectivity index (χ2v) is 2.33. The van der Waals surface area contributed by atoms with Gasteiger partial charge in [-0.15, -0.1) is 0 Å². The lowest BCUT2D eigenvalue weighted by Crippen LogP contribution is -2.25. The van der Waals surface area contributed by atoms with Gasteiger partial charge in [0, 0.05) is 6.04 Å². The van der Waals surface area contributed by atoms with E-state index in [1.807, 2.05) is 0 Å². The molecule has 0 aromatic carbocycles. The molecule has 44 valence electrons. The highest BCUT2D eigenvalue weighted by atomic mass is 15.0. The molecule has 2 nitrogen and oxygen atoms in total. The summed E-state index contributed by atoms with van der Waals surface area (Å²) < 4.78 is 0. The second-order valence-electron chi connectivity index (χ2n) is 2.33. The Kier molecular flexibility index (Phi) is 1.50. The maximum Gasteiger partial charge on any atom is 0.0955 e. The number of rotatable bonds is 0. The first-order valence-electron chi connectivity index (χ1n) is 2.98. The Hall–Kier alpha value is -0.550. The van der Waals surface area contributed by atoms with Gasteiger partial charge in [0.1, 0.15) is 0 Å². The van der Waals surface area contributed by atoms with E-state index < -0.39 is 0 Å². The second kappa shape index (κ2) is 2.15. The number of nitriles is 1. The van der Waals surface area contributed by atoms with E-state index >= 15 is 0 Å². The first kappa shape index (κ1) is 5.58. The van der Waals surface area contributed by atoms with E-state index in [0.29, 0.717) is 6.04 Å². The van der Waals surface area contributed by atoms with Crippen LogP contribution in [-0.2, 0) is 0 Å². The summed E-state index contributed by atoms with van der Waals surface area (Å²) in [7, 11) is 0. The molecular weight excluding hydrogens is 100 g/mol. The first-order valence-corrected chi connectivity index (χ1v) is 2.98. The minimum atomic E-state index is 0.130. The average Bonchev–Trinajstić information content (AvgIpc) is 2.14. The van der Waals surface area contributed by atoms with Crippen LogP contribution in [0.1, 0.15) is 19.8 Å². The maximum absolute atomic E-state index is 8.37. The monoisotopic (exact) mass is 110 g/mol. The summed E-state index contributed by atoms with van der Waals surface area (Å²) in [4.78, 5) is 0. The normalized spacial score (nSPS) is 37.0. The van der Waals surface area contributed by atoms with Crippen molar-refractivity contribution in [2.24, 2.45) is 0 Å². The molecule has 1 heterocycles. The number of hydrogen-bond donors (Lipinski definition) is 1. The van der Waals surface area contributed by atoms with Gasteiger partial charge in [0.2, 0.25) is 0 Å². The van der Waals surface area contributed by atoms with Crippen molar-refractivity contribution in [2.75, 3.05) is 0 Å². The van der Waals surface area contributed by atoms with E-state index in [2.05, 4.69) is 18.3 Å². The zero-order valence-corrected chi connectivity index (χ0v) is 5.02. The number of hydrogen-bond acceptors (Lipinski definition) is 2. The summed E-state index contributed by atoms with van der Waals surface area (Å²) in [5.74, 6) is 0. The SMILES string of the molecule is C[C@H]1CC[C@@H](C#N)N1. The van der Waals surface area contributed by atoms with Gasteiger partial charge in [-0.25, -0.2) is 0 Å². The molecule has 0 saturated carbocycles. The fourth-order valence-corrected chi connectivity index (χ4v) is 1.03. The van der Waals surface area contributed by atoms with Crippen molar-refractivity contribution in [3.8, 4) is 6.07 Å². The quantitative estimate of drug-likeness (QED) is 0.497. The van der Waals surface area contributed by atoms with Gasteiger partial charge >= 0.3 is 0 Å². The number of nitrogens with zero attached hydrogens (tertiary/aromatic N) is 1. The van der Waals surface area contributed by atoms with Crippen LogP contribution < -0.4 is 5.32 Å². The summed E-state index contributed by atoms with van der Waals surface area (Å²) in [6, 6.07) is 2.87. The molecule has 2 atom stereocenters. The Morgan fingerprint density at radius 1 is 1.62 bits per heavy atom. The summed E-state index contributed by atoms with van der Waals surface area (Å²) in [6.07, 6.45) is 2.18. The highest BCUT2D eigenvalue weighted by Gasteiger charge is 2.18. The van der Waals surface area contributed by atoms with Crippen LogP contribution in [0.3, 0.4) is 0 Å². The van der Waals surface area contributed by atoms with Crippen molar-refractivity contribution in [3.05, 3.63) is 0 Å². The fraction of sp³-hybridized carbons (Fsp3) is 0.833. The lowest BCUT2D eigenvalue weighted by atomic mass is 10.2. The summed E-state index contributed by atoms with van der Waals surface area (Å²) in [5.41, 5.74) is 0. The van der Waals surface area contributed by atoms with Gasteiger partial charge in [-0.1, -0.05) is 0 Å². The molecule has 0 aromatic rings. The molecule has 1 fully saturated rings. The van der Waals surface area contributed by atoms with Crippen molar-refractivity contribution in [1.82, 2.24) is 5.32 Å². The molecule has 0 bridgehead atoms. The van der Waals surface area contributed by atoms with E-state index in [1.165, 1.54) is 0 Å². The van der Waals surface area contributed by atoms with E-state index in [0.717, 1.165) is 12.8 Å². The van der Waals surface area contributed by atoms with Gasteiger partial charge in [0.25, 0.3) is 0 Å². The first-order chi connectivity index (χ1) is 3.83. The summed E-state index contributed by atoms with van der Waals surface area (Å²) in [5, 5.41) is 11.5. The van der Waals surface area contributed by atoms with Crippen molar-refractivity contribution < 1.29 is 0 Å². The van der Waals surface area contributed by atoms with Crippen LogP contribution in [0, 0.1) is 11.3 Å². The maximum atomic E-state index is 8.37. The molecule has 1 aliphatic rings. The fourth-order valence-electron chi connectivity index (χ4n) is 1.03. The Balaban J connectivity index is 2.35. The van der Waals surface area contributed by atoms with Crippen molar-refractivity contribution in [2.45, 2.75) is 31.8 Å². The number of nitrogens with one attached hydrogen (secondary N) is 1. The lowest BCUT2D eigenvalue weighted by Gasteiger charge is -1.99. The van der Waals surface area contributed by atoms with Gasteiger partial charge in [-0.2, -0.15) is 5.26 Å². The average molecular weight is 110 g/mol. The van der Waals surface area contributed by atoms with Gasteiger partial charge in [-0.05, 0) is 19.8 Å². The van der Waals surface area contributed by atoms with Crippen LogP contribution in [0.15, 0.2) is 0 Å². The topological polar surface area (TPSA) is 35.8 Å². The predicted molar refractivity (Wildman–Crippen MR) is 31.2 cm³/mol. The molecule has 1 rings (SSSR count). The van der Waals surface area contributed by atoms with Gasteiger partial charge in [0.05, 0.1) is 12.1 Å². The van der Waals surface area contributed by atoms with Gasteiger partial charge in [-0.3, -0.25) is 5.32 Å². The van der Waals surface area contributed by atoms with Crippen molar-refractivity contribution in [3.63, 3.8) is 0 Å². The molecule has 0 unspecified atom stereocenters. The van der Waals surface area contributed by atoms with E-state index in [1.54, 1.807) is 0 Å². The molecule has 0 aliphatic carbocycles. The van der Waals surface area contributed by atoms with Gasteiger partial charge in [0.15, 0.2) is 0 Å². The van der Waals surface area contributed by atoms with Crippen LogP contribution in [-0.4, -0.2) is 12.1 Å². The Morgan fingerprint density at radius 2 is 2.38 bits per heavy atom.